The fourth-order valence-corrected chi connectivity index (χ4v) is 1.49. The van der Waals surface area contributed by atoms with Crippen molar-refractivity contribution in [2.24, 2.45) is 0 Å². The number of oxazole rings is 1. The topological polar surface area (TPSA) is 139 Å². The fourth-order valence-electron chi connectivity index (χ4n) is 1.49. The minimum absolute atomic E-state index is 0. The van der Waals surface area contributed by atoms with Crippen molar-refractivity contribution in [3.05, 3.63) is 36.4 Å². The molecular weight excluding hydrogens is 298 g/mol. The van der Waals surface area contributed by atoms with Gasteiger partial charge in [0.25, 0.3) is 6.01 Å². The average molecular weight is 312 g/mol. The van der Waals surface area contributed by atoms with Gasteiger partial charge in [0.05, 0.1) is 0 Å². The van der Waals surface area contributed by atoms with E-state index < -0.39 is 0 Å². The standard InChI is InChI=1S/C7H6N2O2.C6H7NO2.ClH/c8-7-9-6-4(10)2-1-3-5(6)11-7;7-6-4(8)2-1-3-5(6)9;/h1-3,10H,(H2,8,9);1-3,8-9H,7H2;1H. The van der Waals surface area contributed by atoms with Crippen LogP contribution < -0.4 is 11.5 Å². The third-order valence-electron chi connectivity index (χ3n) is 2.47. The van der Waals surface area contributed by atoms with Gasteiger partial charge in [-0.25, -0.2) is 0 Å². The van der Waals surface area contributed by atoms with Gasteiger partial charge in [0.2, 0.25) is 0 Å². The monoisotopic (exact) mass is 311 g/mol. The van der Waals surface area contributed by atoms with Gasteiger partial charge in [-0.3, -0.25) is 0 Å². The third kappa shape index (κ3) is 3.61. The number of rotatable bonds is 0. The highest BCUT2D eigenvalue weighted by Crippen LogP contribution is 2.28. The predicted molar refractivity (Wildman–Crippen MR) is 81.5 cm³/mol. The molecule has 1 aromatic heterocycles. The molecule has 0 atom stereocenters. The van der Waals surface area contributed by atoms with Crippen molar-refractivity contribution in [2.45, 2.75) is 0 Å². The number of hydrogen-bond donors (Lipinski definition) is 5. The first-order valence-electron chi connectivity index (χ1n) is 5.59. The van der Waals surface area contributed by atoms with Crippen LogP contribution in [-0.2, 0) is 0 Å². The first-order chi connectivity index (χ1) is 9.49. The molecule has 0 bridgehead atoms. The van der Waals surface area contributed by atoms with Gasteiger partial charge in [-0.05, 0) is 24.3 Å². The molecule has 0 saturated carbocycles. The Labute approximate surface area is 125 Å². The van der Waals surface area contributed by atoms with E-state index in [0.29, 0.717) is 11.1 Å². The van der Waals surface area contributed by atoms with Crippen molar-refractivity contribution < 1.29 is 19.7 Å². The van der Waals surface area contributed by atoms with Crippen LogP contribution in [0.1, 0.15) is 0 Å². The molecule has 0 fully saturated rings. The first-order valence-corrected chi connectivity index (χ1v) is 5.59. The Morgan fingerprint density at radius 3 is 1.90 bits per heavy atom. The maximum absolute atomic E-state index is 9.21. The highest BCUT2D eigenvalue weighted by molar-refractivity contribution is 5.85. The molecule has 112 valence electrons. The summed E-state index contributed by atoms with van der Waals surface area (Å²) in [5.41, 5.74) is 11.4. The molecule has 2 aromatic carbocycles. The predicted octanol–water partition coefficient (Wildman–Crippen LogP) is 2.22. The van der Waals surface area contributed by atoms with E-state index in [1.54, 1.807) is 12.1 Å². The minimum Gasteiger partial charge on any atom is -0.506 e. The molecule has 3 aromatic rings. The van der Waals surface area contributed by atoms with Crippen LogP contribution in [0.5, 0.6) is 17.2 Å². The lowest BCUT2D eigenvalue weighted by Crippen LogP contribution is -1.84. The molecule has 0 amide bonds. The molecule has 21 heavy (non-hydrogen) atoms. The fraction of sp³-hybridized carbons (Fsp3) is 0. The SMILES string of the molecule is Cl.Nc1c(O)cccc1O.Nc1nc2c(O)cccc2o1. The molecule has 0 unspecified atom stereocenters. The molecule has 7 N–H and O–H groups in total. The number of phenols is 3. The summed E-state index contributed by atoms with van der Waals surface area (Å²) in [7, 11) is 0. The lowest BCUT2D eigenvalue weighted by Gasteiger charge is -1.98. The number of fused-ring (bicyclic) bond motifs is 1. The number of hydrogen-bond acceptors (Lipinski definition) is 7. The van der Waals surface area contributed by atoms with Crippen LogP contribution in [0, 0.1) is 0 Å². The second-order valence-corrected chi connectivity index (χ2v) is 3.89. The van der Waals surface area contributed by atoms with Crippen LogP contribution in [-0.4, -0.2) is 20.3 Å². The van der Waals surface area contributed by atoms with Crippen LogP contribution >= 0.6 is 12.4 Å². The second-order valence-electron chi connectivity index (χ2n) is 3.89. The van der Waals surface area contributed by atoms with Gasteiger partial charge in [0.15, 0.2) is 11.1 Å². The van der Waals surface area contributed by atoms with E-state index >= 15 is 0 Å². The zero-order valence-electron chi connectivity index (χ0n) is 10.7. The number of para-hydroxylation sites is 2. The second kappa shape index (κ2) is 6.58. The number of nitrogen functional groups attached to an aromatic ring is 2. The van der Waals surface area contributed by atoms with Gasteiger partial charge < -0.3 is 31.2 Å². The summed E-state index contributed by atoms with van der Waals surface area (Å²) in [5.74, 6) is -0.0899. The quantitative estimate of drug-likeness (QED) is 0.317. The largest absolute Gasteiger partial charge is 0.506 e. The third-order valence-corrected chi connectivity index (χ3v) is 2.47. The first kappa shape index (κ1) is 16.3. The molecule has 0 aliphatic rings. The van der Waals surface area contributed by atoms with E-state index in [2.05, 4.69) is 4.98 Å². The summed E-state index contributed by atoms with van der Waals surface area (Å²) in [4.78, 5) is 3.77. The lowest BCUT2D eigenvalue weighted by molar-refractivity contribution is 0.455. The Balaban J connectivity index is 0.000000205. The normalized spacial score (nSPS) is 9.52. The summed E-state index contributed by atoms with van der Waals surface area (Å²) >= 11 is 0. The Hall–Kier alpha value is -2.80. The average Bonchev–Trinajstić information content (AvgIpc) is 2.79. The molecule has 0 aliphatic carbocycles. The van der Waals surface area contributed by atoms with E-state index in [-0.39, 0.29) is 41.4 Å². The highest BCUT2D eigenvalue weighted by Gasteiger charge is 2.05. The van der Waals surface area contributed by atoms with Gasteiger partial charge in [-0.1, -0.05) is 12.1 Å². The Bertz CT molecular complexity index is 725. The van der Waals surface area contributed by atoms with Gasteiger partial charge in [-0.2, -0.15) is 4.98 Å². The summed E-state index contributed by atoms with van der Waals surface area (Å²) in [6.45, 7) is 0. The molecule has 8 heteroatoms. The number of halogens is 1. The van der Waals surface area contributed by atoms with E-state index in [9.17, 15) is 5.11 Å². The molecule has 1 heterocycles. The van der Waals surface area contributed by atoms with E-state index in [1.165, 1.54) is 24.3 Å². The minimum atomic E-state index is -0.0880. The lowest BCUT2D eigenvalue weighted by atomic mass is 10.3. The van der Waals surface area contributed by atoms with Crippen molar-refractivity contribution in [1.29, 1.82) is 0 Å². The number of aromatic hydroxyl groups is 3. The maximum Gasteiger partial charge on any atom is 0.293 e. The highest BCUT2D eigenvalue weighted by atomic mass is 35.5. The van der Waals surface area contributed by atoms with E-state index in [0.717, 1.165) is 0 Å². The van der Waals surface area contributed by atoms with Crippen LogP contribution in [0.2, 0.25) is 0 Å². The van der Waals surface area contributed by atoms with Crippen LogP contribution in [0.15, 0.2) is 40.8 Å². The van der Waals surface area contributed by atoms with E-state index in [4.69, 9.17) is 26.1 Å². The van der Waals surface area contributed by atoms with Gasteiger partial charge >= 0.3 is 0 Å². The van der Waals surface area contributed by atoms with Crippen LogP contribution in [0.3, 0.4) is 0 Å². The Morgan fingerprint density at radius 1 is 0.857 bits per heavy atom. The van der Waals surface area contributed by atoms with E-state index in [1.807, 2.05) is 0 Å². The van der Waals surface area contributed by atoms with Crippen molar-refractivity contribution in [1.82, 2.24) is 4.98 Å². The molecule has 0 aliphatic heterocycles. The Kier molecular flexibility index (Phi) is 5.09. The number of nitrogens with two attached hydrogens (primary N) is 2. The van der Waals surface area contributed by atoms with Crippen molar-refractivity contribution in [2.75, 3.05) is 11.5 Å². The summed E-state index contributed by atoms with van der Waals surface area (Å²) in [6, 6.07) is 9.30. The molecule has 0 saturated heterocycles. The zero-order chi connectivity index (χ0) is 14.7. The smallest absolute Gasteiger partial charge is 0.293 e. The van der Waals surface area contributed by atoms with Gasteiger partial charge in [-0.15, -0.1) is 12.4 Å². The molecule has 3 rings (SSSR count). The maximum atomic E-state index is 9.21. The summed E-state index contributed by atoms with van der Waals surface area (Å²) < 4.78 is 4.96. The van der Waals surface area contributed by atoms with Crippen molar-refractivity contribution >= 4 is 35.2 Å². The van der Waals surface area contributed by atoms with Gasteiger partial charge in [0.1, 0.15) is 22.9 Å². The zero-order valence-corrected chi connectivity index (χ0v) is 11.5. The number of phenolic OH excluding ortho intramolecular Hbond substituents is 3. The molecule has 7 nitrogen and oxygen atoms in total. The van der Waals surface area contributed by atoms with Gasteiger partial charge in [0, 0.05) is 0 Å². The molecule has 0 radical (unpaired) electrons. The van der Waals surface area contributed by atoms with Crippen LogP contribution in [0.4, 0.5) is 11.7 Å². The summed E-state index contributed by atoms with van der Waals surface area (Å²) in [5, 5.41) is 26.8. The van der Waals surface area contributed by atoms with Crippen LogP contribution in [0.25, 0.3) is 11.1 Å². The van der Waals surface area contributed by atoms with Crippen molar-refractivity contribution in [3.63, 3.8) is 0 Å². The number of benzene rings is 2. The molecule has 0 spiro atoms. The molecular formula is C13H14ClN3O4. The number of aromatic nitrogens is 1. The number of anilines is 2. The Morgan fingerprint density at radius 2 is 1.38 bits per heavy atom. The summed E-state index contributed by atoms with van der Waals surface area (Å²) in [6.07, 6.45) is 0. The number of nitrogens with zero attached hydrogens (tertiary/aromatic N) is 1. The van der Waals surface area contributed by atoms with Crippen molar-refractivity contribution in [3.8, 4) is 17.2 Å².